The number of rotatable bonds is 2. The summed E-state index contributed by atoms with van der Waals surface area (Å²) in [6, 6.07) is 25.3. The van der Waals surface area contributed by atoms with Crippen LogP contribution in [-0.2, 0) is 0 Å². The molecule has 0 bridgehead atoms. The number of aromatic nitrogens is 1. The van der Waals surface area contributed by atoms with E-state index >= 15 is 0 Å². The van der Waals surface area contributed by atoms with Crippen LogP contribution in [0.2, 0.25) is 0 Å². The van der Waals surface area contributed by atoms with Crippen LogP contribution in [0.25, 0.3) is 33.2 Å². The molecule has 0 atom stereocenters. The number of nitrogens with zero attached hydrogens (tertiary/aromatic N) is 3. The maximum Gasteiger partial charge on any atom is 0.155 e. The third kappa shape index (κ3) is 4.15. The highest BCUT2D eigenvalue weighted by Gasteiger charge is 2.09. The molecule has 0 spiro atoms. The highest BCUT2D eigenvalue weighted by Crippen LogP contribution is 2.24. The fourth-order valence-electron chi connectivity index (χ4n) is 3.66. The minimum atomic E-state index is 0.417. The van der Waals surface area contributed by atoms with E-state index in [-0.39, 0.29) is 0 Å². The van der Waals surface area contributed by atoms with Crippen molar-refractivity contribution in [2.75, 3.05) is 19.0 Å². The highest BCUT2D eigenvalue weighted by molar-refractivity contribution is 5.85. The largest absolute Gasteiger partial charge is 0.454 e. The molecule has 0 aliphatic rings. The third-order valence-corrected chi connectivity index (χ3v) is 5.47. The van der Waals surface area contributed by atoms with E-state index in [0.717, 1.165) is 27.6 Å². The summed E-state index contributed by atoms with van der Waals surface area (Å²) in [6.07, 6.45) is 1.81. The van der Waals surface area contributed by atoms with Crippen LogP contribution in [-0.4, -0.2) is 24.3 Å². The molecule has 0 unspecified atom stereocenters. The van der Waals surface area contributed by atoms with Crippen molar-refractivity contribution in [1.29, 1.82) is 0 Å². The van der Waals surface area contributed by atoms with Gasteiger partial charge in [0.15, 0.2) is 5.76 Å². The fraction of sp³-hybridized carbons (Fsp3) is 0.0714. The number of fused-ring (bicyclic) bond motifs is 2. The predicted octanol–water partition coefficient (Wildman–Crippen LogP) is 5.40. The van der Waals surface area contributed by atoms with Gasteiger partial charge in [0.05, 0.1) is 0 Å². The van der Waals surface area contributed by atoms with Crippen molar-refractivity contribution in [3.8, 4) is 23.3 Å². The molecule has 0 amide bonds. The van der Waals surface area contributed by atoms with E-state index in [4.69, 9.17) is 4.42 Å². The molecule has 5 rings (SSSR count). The molecular formula is C28H21N3O2. The van der Waals surface area contributed by atoms with Gasteiger partial charge in [0.2, 0.25) is 0 Å². The van der Waals surface area contributed by atoms with Crippen LogP contribution in [0.1, 0.15) is 11.1 Å². The molecule has 33 heavy (non-hydrogen) atoms. The summed E-state index contributed by atoms with van der Waals surface area (Å²) in [5, 5.41) is 16.3. The second-order valence-corrected chi connectivity index (χ2v) is 7.91. The first-order valence-electron chi connectivity index (χ1n) is 10.5. The molecular weight excluding hydrogens is 410 g/mol. The number of benzene rings is 3. The molecule has 0 aliphatic heterocycles. The molecule has 0 saturated heterocycles. The Morgan fingerprint density at radius 3 is 2.33 bits per heavy atom. The first kappa shape index (κ1) is 20.3. The normalized spacial score (nSPS) is 11.4. The van der Waals surface area contributed by atoms with Crippen LogP contribution >= 0.6 is 0 Å². The molecule has 1 N–H and O–H groups in total. The summed E-state index contributed by atoms with van der Waals surface area (Å²) in [7, 11) is 4.02. The number of hydrogen-bond donors (Lipinski definition) is 1. The summed E-state index contributed by atoms with van der Waals surface area (Å²) in [5.74, 6) is 6.90. The zero-order valence-electron chi connectivity index (χ0n) is 18.3. The van der Waals surface area contributed by atoms with Crippen molar-refractivity contribution < 1.29 is 9.62 Å². The van der Waals surface area contributed by atoms with Crippen molar-refractivity contribution in [2.24, 2.45) is 5.16 Å². The van der Waals surface area contributed by atoms with Crippen LogP contribution in [0, 0.1) is 11.8 Å². The zero-order valence-corrected chi connectivity index (χ0v) is 18.3. The third-order valence-electron chi connectivity index (χ3n) is 5.47. The minimum Gasteiger partial charge on any atom is -0.454 e. The van der Waals surface area contributed by atoms with E-state index in [9.17, 15) is 5.21 Å². The summed E-state index contributed by atoms with van der Waals surface area (Å²) in [6.45, 7) is 0. The van der Waals surface area contributed by atoms with Gasteiger partial charge in [-0.25, -0.2) is 0 Å². The SMILES string of the molecule is CN(C)c1ccc(C#Cc2ccc3c(=NO)cc(-c4cc5ccccc5cn4)oc3c2)cc1. The molecule has 0 aliphatic carbocycles. The Morgan fingerprint density at radius 2 is 1.58 bits per heavy atom. The number of hydrogen-bond acceptors (Lipinski definition) is 5. The van der Waals surface area contributed by atoms with Crippen LogP contribution in [0.3, 0.4) is 0 Å². The van der Waals surface area contributed by atoms with Crippen molar-refractivity contribution in [2.45, 2.75) is 0 Å². The van der Waals surface area contributed by atoms with Gasteiger partial charge < -0.3 is 14.5 Å². The van der Waals surface area contributed by atoms with E-state index in [2.05, 4.69) is 22.0 Å². The molecule has 0 radical (unpaired) electrons. The first-order valence-corrected chi connectivity index (χ1v) is 10.5. The van der Waals surface area contributed by atoms with Crippen LogP contribution in [0.4, 0.5) is 5.69 Å². The summed E-state index contributed by atoms with van der Waals surface area (Å²) >= 11 is 0. The van der Waals surface area contributed by atoms with Gasteiger partial charge in [-0.15, -0.1) is 0 Å². The smallest absolute Gasteiger partial charge is 0.155 e. The Kier molecular flexibility index (Phi) is 5.26. The van der Waals surface area contributed by atoms with Gasteiger partial charge in [-0.2, -0.15) is 0 Å². The lowest BCUT2D eigenvalue weighted by Gasteiger charge is -2.11. The number of pyridine rings is 1. The van der Waals surface area contributed by atoms with Crippen LogP contribution in [0.15, 0.2) is 94.6 Å². The van der Waals surface area contributed by atoms with Gasteiger partial charge in [0.25, 0.3) is 0 Å². The van der Waals surface area contributed by atoms with Crippen molar-refractivity contribution in [3.63, 3.8) is 0 Å². The maximum absolute atomic E-state index is 9.59. The average molecular weight is 431 g/mol. The van der Waals surface area contributed by atoms with Gasteiger partial charge in [0.1, 0.15) is 16.6 Å². The first-order chi connectivity index (χ1) is 16.1. The van der Waals surface area contributed by atoms with Gasteiger partial charge in [0, 0.05) is 53.9 Å². The van der Waals surface area contributed by atoms with Crippen molar-refractivity contribution in [1.82, 2.24) is 4.98 Å². The van der Waals surface area contributed by atoms with Gasteiger partial charge in [-0.3, -0.25) is 4.98 Å². The lowest BCUT2D eigenvalue weighted by atomic mass is 10.1. The molecule has 160 valence electrons. The standard InChI is InChI=1S/C28H21N3O2/c1-31(2)23-12-9-19(10-13-23)7-8-20-11-14-24-25(30-32)17-28(33-27(24)15-20)26-16-21-5-3-4-6-22(21)18-29-26/h3-6,9-18,32H,1-2H3. The van der Waals surface area contributed by atoms with Crippen molar-refractivity contribution >= 4 is 27.4 Å². The molecule has 2 aromatic heterocycles. The highest BCUT2D eigenvalue weighted by atomic mass is 16.4. The Bertz CT molecular complexity index is 1600. The van der Waals surface area contributed by atoms with E-state index in [1.54, 1.807) is 6.07 Å². The average Bonchev–Trinajstić information content (AvgIpc) is 2.86. The monoisotopic (exact) mass is 431 g/mol. The Hall–Kier alpha value is -4.56. The molecule has 5 nitrogen and oxygen atoms in total. The van der Waals surface area contributed by atoms with E-state index < -0.39 is 0 Å². The fourth-order valence-corrected chi connectivity index (χ4v) is 3.66. The van der Waals surface area contributed by atoms with Crippen LogP contribution in [0.5, 0.6) is 0 Å². The molecule has 5 heteroatoms. The molecule has 0 saturated carbocycles. The predicted molar refractivity (Wildman–Crippen MR) is 131 cm³/mol. The molecule has 3 aromatic carbocycles. The van der Waals surface area contributed by atoms with Gasteiger partial charge in [-0.1, -0.05) is 41.3 Å². The van der Waals surface area contributed by atoms with Crippen LogP contribution < -0.4 is 10.3 Å². The topological polar surface area (TPSA) is 61.9 Å². The minimum absolute atomic E-state index is 0.417. The lowest BCUT2D eigenvalue weighted by molar-refractivity contribution is 0.302. The number of anilines is 1. The molecule has 5 aromatic rings. The quantitative estimate of drug-likeness (QED) is 0.231. The second kappa shape index (κ2) is 8.52. The Balaban J connectivity index is 1.56. The molecule has 0 fully saturated rings. The van der Waals surface area contributed by atoms with E-state index in [1.165, 1.54) is 0 Å². The maximum atomic E-state index is 9.59. The van der Waals surface area contributed by atoms with E-state index in [0.29, 0.717) is 27.8 Å². The second-order valence-electron chi connectivity index (χ2n) is 7.91. The molecule has 2 heterocycles. The van der Waals surface area contributed by atoms with Gasteiger partial charge >= 0.3 is 0 Å². The lowest BCUT2D eigenvalue weighted by Crippen LogP contribution is -2.07. The summed E-state index contributed by atoms with van der Waals surface area (Å²) in [4.78, 5) is 6.58. The van der Waals surface area contributed by atoms with Gasteiger partial charge in [-0.05, 0) is 53.9 Å². The summed E-state index contributed by atoms with van der Waals surface area (Å²) < 4.78 is 6.17. The Morgan fingerprint density at radius 1 is 0.848 bits per heavy atom. The summed E-state index contributed by atoms with van der Waals surface area (Å²) in [5.41, 5.74) is 4.09. The zero-order chi connectivity index (χ0) is 22.8. The van der Waals surface area contributed by atoms with E-state index in [1.807, 2.05) is 98.0 Å². The van der Waals surface area contributed by atoms with Crippen molar-refractivity contribution in [3.05, 3.63) is 102 Å². The Labute approximate surface area is 191 Å².